The van der Waals surface area contributed by atoms with Crippen LogP contribution in [0.2, 0.25) is 0 Å². The fourth-order valence-corrected chi connectivity index (χ4v) is 2.21. The van der Waals surface area contributed by atoms with Crippen molar-refractivity contribution in [3.63, 3.8) is 0 Å². The Morgan fingerprint density at radius 1 is 1.21 bits per heavy atom. The van der Waals surface area contributed by atoms with E-state index < -0.39 is 0 Å². The smallest absolute Gasteiger partial charge is 0.246 e. The van der Waals surface area contributed by atoms with E-state index in [-0.39, 0.29) is 0 Å². The second-order valence-electron chi connectivity index (χ2n) is 5.05. The quantitative estimate of drug-likeness (QED) is 0.702. The molecule has 0 aliphatic carbocycles. The predicted molar refractivity (Wildman–Crippen MR) is 92.6 cm³/mol. The van der Waals surface area contributed by atoms with Crippen LogP contribution in [0.4, 0.5) is 5.69 Å². The van der Waals surface area contributed by atoms with E-state index in [1.54, 1.807) is 0 Å². The van der Waals surface area contributed by atoms with Crippen LogP contribution in [0, 0.1) is 12.3 Å². The lowest BCUT2D eigenvalue weighted by molar-refractivity contribution is 0.340. The number of terminal acetylenes is 1. The molecule has 5 nitrogen and oxygen atoms in total. The Labute approximate surface area is 140 Å². The predicted octanol–water partition coefficient (Wildman–Crippen LogP) is 3.73. The van der Waals surface area contributed by atoms with Gasteiger partial charge in [-0.1, -0.05) is 17.1 Å². The molecule has 0 saturated carbocycles. The van der Waals surface area contributed by atoms with Gasteiger partial charge in [-0.3, -0.25) is 0 Å². The fourth-order valence-electron chi connectivity index (χ4n) is 2.21. The van der Waals surface area contributed by atoms with Crippen LogP contribution in [0.5, 0.6) is 5.75 Å². The minimum atomic E-state index is 0.429. The van der Waals surface area contributed by atoms with Crippen molar-refractivity contribution in [2.45, 2.75) is 13.5 Å². The third-order valence-electron chi connectivity index (χ3n) is 3.36. The molecule has 1 N–H and O–H groups in total. The molecule has 0 aliphatic heterocycles. The summed E-state index contributed by atoms with van der Waals surface area (Å²) in [5.74, 6) is 4.48. The van der Waals surface area contributed by atoms with Crippen molar-refractivity contribution < 1.29 is 9.26 Å². The van der Waals surface area contributed by atoms with Crippen molar-refractivity contribution in [3.8, 4) is 29.5 Å². The van der Waals surface area contributed by atoms with E-state index >= 15 is 0 Å². The zero-order chi connectivity index (χ0) is 16.8. The van der Waals surface area contributed by atoms with Gasteiger partial charge < -0.3 is 14.6 Å². The third kappa shape index (κ3) is 3.73. The zero-order valence-electron chi connectivity index (χ0n) is 13.3. The van der Waals surface area contributed by atoms with E-state index in [0.29, 0.717) is 24.9 Å². The van der Waals surface area contributed by atoms with Crippen molar-refractivity contribution in [1.29, 1.82) is 0 Å². The molecular formula is C19H17N3O2. The molecule has 3 rings (SSSR count). The van der Waals surface area contributed by atoms with Gasteiger partial charge in [0.1, 0.15) is 5.75 Å². The molecule has 0 bridgehead atoms. The maximum absolute atomic E-state index is 5.42. The summed E-state index contributed by atoms with van der Waals surface area (Å²) in [6, 6.07) is 15.2. The summed E-state index contributed by atoms with van der Waals surface area (Å²) in [6.07, 6.45) is 5.40. The van der Waals surface area contributed by atoms with E-state index in [1.807, 2.05) is 55.5 Å². The molecule has 0 atom stereocenters. The second-order valence-corrected chi connectivity index (χ2v) is 5.05. The maximum atomic E-state index is 5.42. The van der Waals surface area contributed by atoms with E-state index in [4.69, 9.17) is 15.7 Å². The number of anilines is 1. The van der Waals surface area contributed by atoms with Gasteiger partial charge in [0.05, 0.1) is 13.2 Å². The molecule has 2 aromatic carbocycles. The van der Waals surface area contributed by atoms with Crippen molar-refractivity contribution in [1.82, 2.24) is 10.1 Å². The first-order chi connectivity index (χ1) is 11.8. The minimum Gasteiger partial charge on any atom is -0.494 e. The molecule has 0 unspecified atom stereocenters. The van der Waals surface area contributed by atoms with Crippen LogP contribution in [0.3, 0.4) is 0 Å². The third-order valence-corrected chi connectivity index (χ3v) is 3.36. The summed E-state index contributed by atoms with van der Waals surface area (Å²) in [6.45, 7) is 3.02. The van der Waals surface area contributed by atoms with Crippen LogP contribution in [-0.4, -0.2) is 16.7 Å². The Hall–Kier alpha value is -3.26. The van der Waals surface area contributed by atoms with Crippen LogP contribution < -0.4 is 10.1 Å². The molecule has 0 fully saturated rings. The van der Waals surface area contributed by atoms with Crippen LogP contribution >= 0.6 is 0 Å². The Kier molecular flexibility index (Phi) is 4.78. The highest BCUT2D eigenvalue weighted by Crippen LogP contribution is 2.20. The lowest BCUT2D eigenvalue weighted by Gasteiger charge is -2.03. The fraction of sp³-hybridized carbons (Fsp3) is 0.158. The molecule has 0 spiro atoms. The number of hydrogen-bond donors (Lipinski definition) is 1. The number of benzene rings is 2. The first kappa shape index (κ1) is 15.6. The van der Waals surface area contributed by atoms with Gasteiger partial charge >= 0.3 is 0 Å². The molecule has 3 aromatic rings. The van der Waals surface area contributed by atoms with Crippen molar-refractivity contribution >= 4 is 5.69 Å². The van der Waals surface area contributed by atoms with Crippen LogP contribution in [-0.2, 0) is 6.54 Å². The standard InChI is InChI=1S/C19H17N3O2/c1-3-14-6-5-7-16(12-14)20-13-18-21-19(22-24-18)15-8-10-17(11-9-15)23-4-2/h1,5-12,20H,4,13H2,2H3. The average Bonchev–Trinajstić information content (AvgIpc) is 3.10. The number of rotatable bonds is 6. The molecule has 5 heteroatoms. The molecule has 0 saturated heterocycles. The number of hydrogen-bond acceptors (Lipinski definition) is 5. The molecule has 0 amide bonds. The van der Waals surface area contributed by atoms with Crippen molar-refractivity contribution in [3.05, 3.63) is 60.0 Å². The normalized spacial score (nSPS) is 10.2. The summed E-state index contributed by atoms with van der Waals surface area (Å²) < 4.78 is 10.7. The molecule has 120 valence electrons. The van der Waals surface area contributed by atoms with Crippen molar-refractivity contribution in [2.24, 2.45) is 0 Å². The van der Waals surface area contributed by atoms with Gasteiger partial charge in [-0.15, -0.1) is 6.42 Å². The topological polar surface area (TPSA) is 60.2 Å². The highest BCUT2D eigenvalue weighted by atomic mass is 16.5. The summed E-state index contributed by atoms with van der Waals surface area (Å²) in [7, 11) is 0. The molecule has 1 aromatic heterocycles. The lowest BCUT2D eigenvalue weighted by atomic mass is 10.2. The van der Waals surface area contributed by atoms with Gasteiger partial charge in [0.25, 0.3) is 0 Å². The Morgan fingerprint density at radius 3 is 2.79 bits per heavy atom. The second kappa shape index (κ2) is 7.34. The van der Waals surface area contributed by atoms with Crippen LogP contribution in [0.1, 0.15) is 18.4 Å². The van der Waals surface area contributed by atoms with Crippen LogP contribution in [0.25, 0.3) is 11.4 Å². The van der Waals surface area contributed by atoms with Gasteiger partial charge in [0.2, 0.25) is 11.7 Å². The largest absolute Gasteiger partial charge is 0.494 e. The van der Waals surface area contributed by atoms with Gasteiger partial charge in [-0.25, -0.2) is 0 Å². The summed E-state index contributed by atoms with van der Waals surface area (Å²) >= 11 is 0. The number of nitrogens with one attached hydrogen (secondary N) is 1. The van der Waals surface area contributed by atoms with Crippen LogP contribution in [0.15, 0.2) is 53.1 Å². The highest BCUT2D eigenvalue weighted by Gasteiger charge is 2.08. The summed E-state index contributed by atoms with van der Waals surface area (Å²) in [5, 5.41) is 7.22. The molecule has 0 aliphatic rings. The number of ether oxygens (including phenoxy) is 1. The zero-order valence-corrected chi connectivity index (χ0v) is 13.3. The van der Waals surface area contributed by atoms with Crippen molar-refractivity contribution in [2.75, 3.05) is 11.9 Å². The van der Waals surface area contributed by atoms with E-state index in [2.05, 4.69) is 21.4 Å². The first-order valence-electron chi connectivity index (χ1n) is 7.65. The number of aromatic nitrogens is 2. The molecule has 24 heavy (non-hydrogen) atoms. The molecular weight excluding hydrogens is 302 g/mol. The summed E-state index contributed by atoms with van der Waals surface area (Å²) in [5.41, 5.74) is 2.61. The SMILES string of the molecule is C#Cc1cccc(NCc2nc(-c3ccc(OCC)cc3)no2)c1. The van der Waals surface area contributed by atoms with E-state index in [1.165, 1.54) is 0 Å². The average molecular weight is 319 g/mol. The summed E-state index contributed by atoms with van der Waals surface area (Å²) in [4.78, 5) is 4.39. The molecule has 0 radical (unpaired) electrons. The Bertz CT molecular complexity index is 848. The maximum Gasteiger partial charge on any atom is 0.246 e. The van der Waals surface area contributed by atoms with E-state index in [0.717, 1.165) is 22.6 Å². The number of nitrogens with zero attached hydrogens (tertiary/aromatic N) is 2. The van der Waals surface area contributed by atoms with Gasteiger partial charge in [0.15, 0.2) is 0 Å². The lowest BCUT2D eigenvalue weighted by Crippen LogP contribution is -1.99. The Morgan fingerprint density at radius 2 is 2.04 bits per heavy atom. The minimum absolute atomic E-state index is 0.429. The Balaban J connectivity index is 1.65. The van der Waals surface area contributed by atoms with E-state index in [9.17, 15) is 0 Å². The van der Waals surface area contributed by atoms with Gasteiger partial charge in [-0.2, -0.15) is 4.98 Å². The molecule has 1 heterocycles. The first-order valence-corrected chi connectivity index (χ1v) is 7.65. The monoisotopic (exact) mass is 319 g/mol. The van der Waals surface area contributed by atoms with Gasteiger partial charge in [0, 0.05) is 16.8 Å². The van der Waals surface area contributed by atoms with Gasteiger partial charge in [-0.05, 0) is 49.4 Å². The highest BCUT2D eigenvalue weighted by molar-refractivity contribution is 5.55.